The van der Waals surface area contributed by atoms with Gasteiger partial charge in [-0.2, -0.15) is 0 Å². The van der Waals surface area contributed by atoms with E-state index in [2.05, 4.69) is 20.6 Å². The highest BCUT2D eigenvalue weighted by atomic mass is 16.1. The van der Waals surface area contributed by atoms with Gasteiger partial charge >= 0.3 is 0 Å². The smallest absolute Gasteiger partial charge is 0.252 e. The molecule has 1 amide bonds. The fourth-order valence-electron chi connectivity index (χ4n) is 1.67. The summed E-state index contributed by atoms with van der Waals surface area (Å²) in [6.07, 6.45) is 4.86. The third-order valence-electron chi connectivity index (χ3n) is 2.83. The minimum atomic E-state index is -0.148. The van der Waals surface area contributed by atoms with Crippen molar-refractivity contribution >= 4 is 17.4 Å². The van der Waals surface area contributed by atoms with Crippen LogP contribution in [0.1, 0.15) is 15.9 Å². The number of aromatic nitrogens is 2. The molecule has 6 heteroatoms. The molecule has 0 spiro atoms. The van der Waals surface area contributed by atoms with Gasteiger partial charge in [0.2, 0.25) is 0 Å². The predicted octanol–water partition coefficient (Wildman–Crippen LogP) is 1.21. The Morgan fingerprint density at radius 3 is 2.90 bits per heavy atom. The summed E-state index contributed by atoms with van der Waals surface area (Å²) in [6, 6.07) is 5.30. The summed E-state index contributed by atoms with van der Waals surface area (Å²) in [5, 5.41) is 5.89. The standard InChI is InChI=1S/C14H17N5O/c1-10-4-6-17-13(12(10)15)18-7-8-19-14(20)11-3-2-5-16-9-11/h2-6,9H,7-8,15H2,1H3,(H,17,18)(H,19,20). The van der Waals surface area contributed by atoms with Gasteiger partial charge in [-0.1, -0.05) is 0 Å². The molecule has 0 fully saturated rings. The Kier molecular flexibility index (Phi) is 4.49. The summed E-state index contributed by atoms with van der Waals surface area (Å²) in [7, 11) is 0. The van der Waals surface area contributed by atoms with Gasteiger partial charge in [0.15, 0.2) is 0 Å². The molecular formula is C14H17N5O. The quantitative estimate of drug-likeness (QED) is 0.711. The number of carbonyl (C=O) groups excluding carboxylic acids is 1. The summed E-state index contributed by atoms with van der Waals surface area (Å²) in [4.78, 5) is 19.8. The van der Waals surface area contributed by atoms with Gasteiger partial charge in [-0.25, -0.2) is 4.98 Å². The maximum absolute atomic E-state index is 11.8. The molecule has 0 atom stereocenters. The van der Waals surface area contributed by atoms with Gasteiger partial charge in [-0.15, -0.1) is 0 Å². The van der Waals surface area contributed by atoms with Crippen molar-refractivity contribution in [2.45, 2.75) is 6.92 Å². The van der Waals surface area contributed by atoms with Crippen LogP contribution >= 0.6 is 0 Å². The summed E-state index contributed by atoms with van der Waals surface area (Å²) in [5.74, 6) is 0.491. The number of pyridine rings is 2. The largest absolute Gasteiger partial charge is 0.396 e. The lowest BCUT2D eigenvalue weighted by atomic mass is 10.2. The summed E-state index contributed by atoms with van der Waals surface area (Å²) >= 11 is 0. The molecule has 20 heavy (non-hydrogen) atoms. The zero-order chi connectivity index (χ0) is 14.4. The van der Waals surface area contributed by atoms with Crippen molar-refractivity contribution in [1.29, 1.82) is 0 Å². The second-order valence-corrected chi connectivity index (χ2v) is 4.31. The molecule has 0 aromatic carbocycles. The van der Waals surface area contributed by atoms with Gasteiger partial charge in [0, 0.05) is 31.7 Å². The van der Waals surface area contributed by atoms with Crippen molar-refractivity contribution in [3.8, 4) is 0 Å². The predicted molar refractivity (Wildman–Crippen MR) is 78.4 cm³/mol. The molecule has 2 heterocycles. The Labute approximate surface area is 117 Å². The average molecular weight is 271 g/mol. The first kappa shape index (κ1) is 13.8. The van der Waals surface area contributed by atoms with Crippen molar-refractivity contribution in [3.05, 3.63) is 47.9 Å². The number of anilines is 2. The van der Waals surface area contributed by atoms with Crippen LogP contribution in [0.3, 0.4) is 0 Å². The first-order valence-corrected chi connectivity index (χ1v) is 6.31. The van der Waals surface area contributed by atoms with E-state index >= 15 is 0 Å². The van der Waals surface area contributed by atoms with Crippen LogP contribution in [0.25, 0.3) is 0 Å². The van der Waals surface area contributed by atoms with Gasteiger partial charge in [-0.05, 0) is 30.7 Å². The second-order valence-electron chi connectivity index (χ2n) is 4.31. The van der Waals surface area contributed by atoms with Crippen LogP contribution in [0, 0.1) is 6.92 Å². The molecule has 4 N–H and O–H groups in total. The number of nitrogen functional groups attached to an aromatic ring is 1. The van der Waals surface area contributed by atoms with Gasteiger partial charge in [0.25, 0.3) is 5.91 Å². The van der Waals surface area contributed by atoms with E-state index in [0.29, 0.717) is 30.2 Å². The molecule has 0 aliphatic heterocycles. The Balaban J connectivity index is 1.80. The molecular weight excluding hydrogens is 254 g/mol. The third-order valence-corrected chi connectivity index (χ3v) is 2.83. The Bertz CT molecular complexity index is 585. The highest BCUT2D eigenvalue weighted by Crippen LogP contribution is 2.17. The molecule has 6 nitrogen and oxygen atoms in total. The molecule has 0 unspecified atom stereocenters. The van der Waals surface area contributed by atoms with Crippen LogP contribution in [0.2, 0.25) is 0 Å². The molecule has 2 rings (SSSR count). The van der Waals surface area contributed by atoms with Crippen LogP contribution in [0.15, 0.2) is 36.8 Å². The number of carbonyl (C=O) groups is 1. The first-order valence-electron chi connectivity index (χ1n) is 6.31. The topological polar surface area (TPSA) is 92.9 Å². The van der Waals surface area contributed by atoms with Gasteiger partial charge in [-0.3, -0.25) is 9.78 Å². The van der Waals surface area contributed by atoms with Crippen molar-refractivity contribution < 1.29 is 4.79 Å². The lowest BCUT2D eigenvalue weighted by molar-refractivity contribution is 0.0955. The summed E-state index contributed by atoms with van der Waals surface area (Å²) in [5.41, 5.74) is 8.04. The summed E-state index contributed by atoms with van der Waals surface area (Å²) < 4.78 is 0. The van der Waals surface area contributed by atoms with E-state index in [-0.39, 0.29) is 5.91 Å². The SMILES string of the molecule is Cc1ccnc(NCCNC(=O)c2cccnc2)c1N. The maximum atomic E-state index is 11.8. The van der Waals surface area contributed by atoms with E-state index < -0.39 is 0 Å². The minimum absolute atomic E-state index is 0.148. The van der Waals surface area contributed by atoms with Crippen LogP contribution in [-0.4, -0.2) is 29.0 Å². The van der Waals surface area contributed by atoms with E-state index in [1.807, 2.05) is 13.0 Å². The molecule has 0 bridgehead atoms. The number of nitrogens with zero attached hydrogens (tertiary/aromatic N) is 2. The molecule has 104 valence electrons. The van der Waals surface area contributed by atoms with Gasteiger partial charge < -0.3 is 16.4 Å². The van der Waals surface area contributed by atoms with Crippen molar-refractivity contribution in [1.82, 2.24) is 15.3 Å². The van der Waals surface area contributed by atoms with Crippen molar-refractivity contribution in [3.63, 3.8) is 0 Å². The van der Waals surface area contributed by atoms with Crippen LogP contribution < -0.4 is 16.4 Å². The Morgan fingerprint density at radius 1 is 1.30 bits per heavy atom. The fraction of sp³-hybridized carbons (Fsp3) is 0.214. The molecule has 2 aromatic heterocycles. The molecule has 0 aliphatic carbocycles. The van der Waals surface area contributed by atoms with Crippen LogP contribution in [-0.2, 0) is 0 Å². The first-order chi connectivity index (χ1) is 9.68. The maximum Gasteiger partial charge on any atom is 0.252 e. The number of hydrogen-bond acceptors (Lipinski definition) is 5. The average Bonchev–Trinajstić information content (AvgIpc) is 2.48. The number of amides is 1. The van der Waals surface area contributed by atoms with E-state index in [4.69, 9.17) is 5.73 Å². The van der Waals surface area contributed by atoms with Crippen LogP contribution in [0.5, 0.6) is 0 Å². The number of nitrogens with two attached hydrogens (primary N) is 1. The fourth-order valence-corrected chi connectivity index (χ4v) is 1.67. The normalized spacial score (nSPS) is 10.1. The highest BCUT2D eigenvalue weighted by Gasteiger charge is 2.05. The third kappa shape index (κ3) is 3.44. The second kappa shape index (κ2) is 6.51. The summed E-state index contributed by atoms with van der Waals surface area (Å²) in [6.45, 7) is 2.95. The highest BCUT2D eigenvalue weighted by molar-refractivity contribution is 5.93. The number of aryl methyl sites for hydroxylation is 1. The van der Waals surface area contributed by atoms with E-state index in [1.165, 1.54) is 6.20 Å². The molecule has 2 aromatic rings. The monoisotopic (exact) mass is 271 g/mol. The van der Waals surface area contributed by atoms with E-state index in [9.17, 15) is 4.79 Å². The minimum Gasteiger partial charge on any atom is -0.396 e. The lowest BCUT2D eigenvalue weighted by Gasteiger charge is -2.10. The number of nitrogens with one attached hydrogen (secondary N) is 2. The van der Waals surface area contributed by atoms with Gasteiger partial charge in [0.1, 0.15) is 5.82 Å². The zero-order valence-corrected chi connectivity index (χ0v) is 11.3. The lowest BCUT2D eigenvalue weighted by Crippen LogP contribution is -2.29. The molecule has 0 saturated carbocycles. The van der Waals surface area contributed by atoms with Crippen LogP contribution in [0.4, 0.5) is 11.5 Å². The Morgan fingerprint density at radius 2 is 2.15 bits per heavy atom. The molecule has 0 saturated heterocycles. The number of rotatable bonds is 5. The zero-order valence-electron chi connectivity index (χ0n) is 11.3. The van der Waals surface area contributed by atoms with E-state index in [0.717, 1.165) is 5.56 Å². The van der Waals surface area contributed by atoms with Crippen molar-refractivity contribution in [2.24, 2.45) is 0 Å². The Hall–Kier alpha value is -2.63. The van der Waals surface area contributed by atoms with E-state index in [1.54, 1.807) is 24.5 Å². The molecule has 0 aliphatic rings. The molecule has 0 radical (unpaired) electrons. The number of hydrogen-bond donors (Lipinski definition) is 3. The van der Waals surface area contributed by atoms with Gasteiger partial charge in [0.05, 0.1) is 11.3 Å². The van der Waals surface area contributed by atoms with Crippen molar-refractivity contribution in [2.75, 3.05) is 24.1 Å².